The standard InChI is InChI=1S/C55H42BN3/c1-39-17-14-20-41(35-39)43-31-33-49-53(37-43)59(47-28-15-21-42(36-47)40-18-6-2-7-19-40)52-30-16-29-51-55(52)56(49)50-34-32-48(38-54(50)58(51)46-26-12-5-13-27-46)57(44-22-8-3-9-23-44)45-24-10-4-11-25-45/h2-34,36-39H,35H2,1H3. The quantitative estimate of drug-likeness (QED) is 0.150. The molecule has 3 nitrogen and oxygen atoms in total. The predicted molar refractivity (Wildman–Crippen MR) is 251 cm³/mol. The minimum absolute atomic E-state index is 0.0175. The molecular weight excluding hydrogens is 713 g/mol. The highest BCUT2D eigenvalue weighted by molar-refractivity contribution is 7.00. The van der Waals surface area contributed by atoms with Gasteiger partial charge in [0.25, 0.3) is 6.71 Å². The molecule has 1 unspecified atom stereocenters. The van der Waals surface area contributed by atoms with E-state index in [4.69, 9.17) is 0 Å². The second-order valence-electron chi connectivity index (χ2n) is 15.8. The molecule has 1 aliphatic carbocycles. The molecule has 8 aromatic rings. The van der Waals surface area contributed by atoms with Gasteiger partial charge in [0.1, 0.15) is 0 Å². The molecule has 2 heterocycles. The Morgan fingerprint density at radius 2 is 1.02 bits per heavy atom. The smallest absolute Gasteiger partial charge is 0.252 e. The Labute approximate surface area is 347 Å². The fourth-order valence-electron chi connectivity index (χ4n) is 9.50. The fraction of sp³-hybridized carbons (Fsp3) is 0.0545. The number of hydrogen-bond acceptors (Lipinski definition) is 3. The van der Waals surface area contributed by atoms with Gasteiger partial charge in [-0.15, -0.1) is 0 Å². The Hall–Kier alpha value is -7.30. The van der Waals surface area contributed by atoms with E-state index in [1.165, 1.54) is 61.4 Å². The molecule has 0 spiro atoms. The summed E-state index contributed by atoms with van der Waals surface area (Å²) in [7, 11) is 0. The number of fused-ring (bicyclic) bond motifs is 4. The lowest BCUT2D eigenvalue weighted by atomic mass is 9.33. The van der Waals surface area contributed by atoms with Gasteiger partial charge < -0.3 is 14.7 Å². The van der Waals surface area contributed by atoms with Crippen LogP contribution in [0.2, 0.25) is 0 Å². The number of nitrogens with zero attached hydrogens (tertiary/aromatic N) is 3. The van der Waals surface area contributed by atoms with Crippen LogP contribution >= 0.6 is 0 Å². The second-order valence-corrected chi connectivity index (χ2v) is 15.8. The van der Waals surface area contributed by atoms with Crippen LogP contribution in [-0.4, -0.2) is 6.71 Å². The van der Waals surface area contributed by atoms with Crippen molar-refractivity contribution >= 4 is 79.9 Å². The van der Waals surface area contributed by atoms with E-state index in [-0.39, 0.29) is 6.71 Å². The summed E-state index contributed by atoms with van der Waals surface area (Å²) in [5, 5.41) is 0. The predicted octanol–water partition coefficient (Wildman–Crippen LogP) is 12.9. The van der Waals surface area contributed by atoms with Crippen molar-refractivity contribution in [3.05, 3.63) is 224 Å². The van der Waals surface area contributed by atoms with E-state index in [0.717, 1.165) is 34.9 Å². The van der Waals surface area contributed by atoms with Gasteiger partial charge in [0, 0.05) is 51.2 Å². The third-order valence-electron chi connectivity index (χ3n) is 12.1. The summed E-state index contributed by atoms with van der Waals surface area (Å²) in [5.41, 5.74) is 19.4. The number of anilines is 9. The lowest BCUT2D eigenvalue weighted by Crippen LogP contribution is -2.61. The average molecular weight is 756 g/mol. The third-order valence-corrected chi connectivity index (χ3v) is 12.1. The minimum atomic E-state index is 0.0175. The topological polar surface area (TPSA) is 9.72 Å². The van der Waals surface area contributed by atoms with Crippen LogP contribution in [-0.2, 0) is 0 Å². The van der Waals surface area contributed by atoms with Crippen molar-refractivity contribution in [2.75, 3.05) is 14.7 Å². The largest absolute Gasteiger partial charge is 0.311 e. The summed E-state index contributed by atoms with van der Waals surface area (Å²) in [6.45, 7) is 2.33. The van der Waals surface area contributed by atoms with E-state index < -0.39 is 0 Å². The van der Waals surface area contributed by atoms with Crippen molar-refractivity contribution in [2.24, 2.45) is 5.92 Å². The van der Waals surface area contributed by atoms with Gasteiger partial charge in [0.15, 0.2) is 0 Å². The van der Waals surface area contributed by atoms with Crippen molar-refractivity contribution in [1.82, 2.24) is 0 Å². The molecule has 280 valence electrons. The van der Waals surface area contributed by atoms with E-state index in [1.54, 1.807) is 0 Å². The Balaban J connectivity index is 1.16. The van der Waals surface area contributed by atoms with Gasteiger partial charge in [-0.1, -0.05) is 146 Å². The number of para-hydroxylation sites is 3. The van der Waals surface area contributed by atoms with Crippen LogP contribution in [0.15, 0.2) is 218 Å². The Kier molecular flexibility index (Phi) is 8.63. The normalized spacial score (nSPS) is 14.9. The molecule has 0 aromatic heterocycles. The molecule has 0 radical (unpaired) electrons. The molecule has 59 heavy (non-hydrogen) atoms. The zero-order valence-electron chi connectivity index (χ0n) is 33.0. The van der Waals surface area contributed by atoms with E-state index >= 15 is 0 Å². The first-order valence-corrected chi connectivity index (χ1v) is 20.7. The fourth-order valence-corrected chi connectivity index (χ4v) is 9.50. The molecule has 3 aliphatic rings. The maximum Gasteiger partial charge on any atom is 0.252 e. The van der Waals surface area contributed by atoms with Crippen LogP contribution in [0.25, 0.3) is 16.7 Å². The van der Waals surface area contributed by atoms with Crippen molar-refractivity contribution < 1.29 is 0 Å². The summed E-state index contributed by atoms with van der Waals surface area (Å²) in [5.74, 6) is 0.502. The van der Waals surface area contributed by atoms with Gasteiger partial charge in [-0.25, -0.2) is 0 Å². The second kappa shape index (κ2) is 14.6. The zero-order valence-corrected chi connectivity index (χ0v) is 33.0. The molecule has 0 N–H and O–H groups in total. The molecule has 0 saturated heterocycles. The molecule has 8 aromatic carbocycles. The molecule has 2 aliphatic heterocycles. The highest BCUT2D eigenvalue weighted by Crippen LogP contribution is 2.46. The van der Waals surface area contributed by atoms with Gasteiger partial charge in [-0.3, -0.25) is 0 Å². The summed E-state index contributed by atoms with van der Waals surface area (Å²) >= 11 is 0. The van der Waals surface area contributed by atoms with Gasteiger partial charge in [-0.2, -0.15) is 0 Å². The first kappa shape index (κ1) is 34.9. The van der Waals surface area contributed by atoms with E-state index in [1.807, 2.05) is 0 Å². The van der Waals surface area contributed by atoms with Crippen LogP contribution in [0.4, 0.5) is 51.2 Å². The van der Waals surface area contributed by atoms with Crippen molar-refractivity contribution in [3.63, 3.8) is 0 Å². The SMILES string of the molecule is CC1C=CC=C(c2ccc3c(c2)N(c2cccc(-c4ccccc4)c2)c2cccc4c2B3c2ccc(N(c3ccccc3)c3ccccc3)cc2N4c2ccccc2)C1. The van der Waals surface area contributed by atoms with E-state index in [2.05, 4.69) is 240 Å². The average Bonchev–Trinajstić information content (AvgIpc) is 3.30. The lowest BCUT2D eigenvalue weighted by molar-refractivity contribution is 0.749. The van der Waals surface area contributed by atoms with Crippen LogP contribution in [0, 0.1) is 5.92 Å². The molecule has 0 amide bonds. The van der Waals surface area contributed by atoms with Gasteiger partial charge in [0.05, 0.1) is 0 Å². The minimum Gasteiger partial charge on any atom is -0.311 e. The van der Waals surface area contributed by atoms with Crippen molar-refractivity contribution in [2.45, 2.75) is 13.3 Å². The van der Waals surface area contributed by atoms with Gasteiger partial charge >= 0.3 is 0 Å². The summed E-state index contributed by atoms with van der Waals surface area (Å²) in [6, 6.07) is 73.3. The van der Waals surface area contributed by atoms with Crippen LogP contribution in [0.5, 0.6) is 0 Å². The molecule has 0 saturated carbocycles. The maximum atomic E-state index is 2.53. The number of hydrogen-bond donors (Lipinski definition) is 0. The molecular formula is C55H42BN3. The van der Waals surface area contributed by atoms with Crippen LogP contribution < -0.4 is 31.1 Å². The third kappa shape index (κ3) is 6.08. The van der Waals surface area contributed by atoms with Gasteiger partial charge in [0.2, 0.25) is 0 Å². The Morgan fingerprint density at radius 1 is 0.458 bits per heavy atom. The highest BCUT2D eigenvalue weighted by atomic mass is 15.2. The molecule has 11 rings (SSSR count). The van der Waals surface area contributed by atoms with Crippen molar-refractivity contribution in [3.8, 4) is 11.1 Å². The Morgan fingerprint density at radius 3 is 1.69 bits per heavy atom. The molecule has 4 heteroatoms. The number of allylic oxidation sites excluding steroid dienone is 4. The molecule has 0 fully saturated rings. The number of benzene rings is 8. The first-order valence-electron chi connectivity index (χ1n) is 20.7. The maximum absolute atomic E-state index is 2.53. The van der Waals surface area contributed by atoms with E-state index in [9.17, 15) is 0 Å². The number of rotatable bonds is 7. The molecule has 0 bridgehead atoms. The molecule has 1 atom stereocenters. The van der Waals surface area contributed by atoms with Crippen LogP contribution in [0.1, 0.15) is 18.9 Å². The zero-order chi connectivity index (χ0) is 39.3. The van der Waals surface area contributed by atoms with Crippen LogP contribution in [0.3, 0.4) is 0 Å². The highest BCUT2D eigenvalue weighted by Gasteiger charge is 2.43. The monoisotopic (exact) mass is 755 g/mol. The van der Waals surface area contributed by atoms with Crippen molar-refractivity contribution in [1.29, 1.82) is 0 Å². The summed E-state index contributed by atoms with van der Waals surface area (Å²) in [6.07, 6.45) is 7.87. The summed E-state index contributed by atoms with van der Waals surface area (Å²) in [4.78, 5) is 7.38. The lowest BCUT2D eigenvalue weighted by Gasteiger charge is -2.44. The Bertz CT molecular complexity index is 2850. The summed E-state index contributed by atoms with van der Waals surface area (Å²) < 4.78 is 0. The first-order chi connectivity index (χ1) is 29.2. The van der Waals surface area contributed by atoms with E-state index in [0.29, 0.717) is 5.92 Å². The van der Waals surface area contributed by atoms with Gasteiger partial charge in [-0.05, 0) is 130 Å².